The Hall–Kier alpha value is -1.94. The van der Waals surface area contributed by atoms with E-state index in [4.69, 9.17) is 18.9 Å². The van der Waals surface area contributed by atoms with Gasteiger partial charge in [-0.25, -0.2) is 0 Å². The van der Waals surface area contributed by atoms with Crippen LogP contribution in [0.4, 0.5) is 0 Å². The molecule has 1 aliphatic rings. The fraction of sp³-hybridized carbons (Fsp3) is 0.412. The zero-order chi connectivity index (χ0) is 15.0. The molecule has 0 amide bonds. The number of hydrogen-bond acceptors (Lipinski definition) is 4. The van der Waals surface area contributed by atoms with Gasteiger partial charge in [0.15, 0.2) is 0 Å². The van der Waals surface area contributed by atoms with Crippen molar-refractivity contribution in [1.29, 1.82) is 0 Å². The van der Waals surface area contributed by atoms with Gasteiger partial charge in [-0.3, -0.25) is 0 Å². The van der Waals surface area contributed by atoms with Crippen molar-refractivity contribution >= 4 is 10.8 Å². The first-order valence-corrected chi connectivity index (χ1v) is 7.05. The highest BCUT2D eigenvalue weighted by Gasteiger charge is 2.27. The van der Waals surface area contributed by atoms with Crippen LogP contribution in [0.3, 0.4) is 0 Å². The third-order valence-corrected chi connectivity index (χ3v) is 4.04. The summed E-state index contributed by atoms with van der Waals surface area (Å²) in [5, 5.41) is 1.96. The molecule has 1 aliphatic heterocycles. The predicted molar refractivity (Wildman–Crippen MR) is 81.6 cm³/mol. The van der Waals surface area contributed by atoms with Crippen LogP contribution in [0.25, 0.3) is 10.8 Å². The molecule has 112 valence electrons. The van der Waals surface area contributed by atoms with Crippen LogP contribution in [0.15, 0.2) is 18.2 Å². The van der Waals surface area contributed by atoms with Crippen molar-refractivity contribution in [3.05, 3.63) is 29.3 Å². The summed E-state index contributed by atoms with van der Waals surface area (Å²) in [6.45, 7) is 2.61. The first-order valence-electron chi connectivity index (χ1n) is 7.05. The molecule has 4 nitrogen and oxygen atoms in total. The van der Waals surface area contributed by atoms with E-state index in [2.05, 4.69) is 6.92 Å². The molecule has 2 aromatic carbocycles. The third kappa shape index (κ3) is 2.10. The first-order chi connectivity index (χ1) is 10.2. The van der Waals surface area contributed by atoms with Gasteiger partial charge in [0.1, 0.15) is 17.2 Å². The highest BCUT2D eigenvalue weighted by Crippen LogP contribution is 2.46. The van der Waals surface area contributed by atoms with Crippen LogP contribution < -0.4 is 14.2 Å². The van der Waals surface area contributed by atoms with Gasteiger partial charge in [-0.2, -0.15) is 0 Å². The van der Waals surface area contributed by atoms with E-state index in [0.717, 1.165) is 40.0 Å². The number of ether oxygens (including phenoxy) is 4. The molecule has 0 spiro atoms. The lowest BCUT2D eigenvalue weighted by molar-refractivity contribution is 0.0390. The zero-order valence-electron chi connectivity index (χ0n) is 12.9. The highest BCUT2D eigenvalue weighted by atomic mass is 16.5. The first kappa shape index (κ1) is 14.0. The Balaban J connectivity index is 2.43. The topological polar surface area (TPSA) is 36.9 Å². The second kappa shape index (κ2) is 5.45. The van der Waals surface area contributed by atoms with Crippen LogP contribution in [0.2, 0.25) is 0 Å². The minimum Gasteiger partial charge on any atom is -0.496 e. The number of benzene rings is 2. The molecule has 0 aromatic heterocycles. The van der Waals surface area contributed by atoms with E-state index in [0.29, 0.717) is 6.61 Å². The lowest BCUT2D eigenvalue weighted by Crippen LogP contribution is -2.20. The van der Waals surface area contributed by atoms with Gasteiger partial charge >= 0.3 is 0 Å². The summed E-state index contributed by atoms with van der Waals surface area (Å²) in [7, 11) is 5.06. The Morgan fingerprint density at radius 1 is 1.00 bits per heavy atom. The molecule has 0 saturated heterocycles. The minimum absolute atomic E-state index is 0.180. The van der Waals surface area contributed by atoms with Crippen LogP contribution in [-0.4, -0.2) is 27.4 Å². The van der Waals surface area contributed by atoms with E-state index in [1.54, 1.807) is 21.3 Å². The molecule has 1 heterocycles. The summed E-state index contributed by atoms with van der Waals surface area (Å²) in [5.74, 6) is 2.50. The molecule has 0 saturated carbocycles. The Morgan fingerprint density at radius 2 is 1.76 bits per heavy atom. The van der Waals surface area contributed by atoms with E-state index in [1.165, 1.54) is 5.56 Å². The van der Waals surface area contributed by atoms with Crippen LogP contribution in [0.5, 0.6) is 17.2 Å². The van der Waals surface area contributed by atoms with Crippen molar-refractivity contribution in [2.75, 3.05) is 21.3 Å². The molecule has 21 heavy (non-hydrogen) atoms. The molecule has 0 N–H and O–H groups in total. The summed E-state index contributed by atoms with van der Waals surface area (Å²) >= 11 is 0. The van der Waals surface area contributed by atoms with E-state index < -0.39 is 0 Å². The third-order valence-electron chi connectivity index (χ3n) is 4.04. The number of rotatable bonds is 3. The molecule has 1 atom stereocenters. The van der Waals surface area contributed by atoms with Crippen LogP contribution >= 0.6 is 0 Å². The average Bonchev–Trinajstić information content (AvgIpc) is 2.51. The standard InChI is InChI=1S/C17H20O4/c1-10-8-12-13(9-21-10)17(20-4)15-11(16(12)19-3)6-5-7-14(15)18-2/h5-7,10H,8-9H2,1-4H3. The van der Waals surface area contributed by atoms with Gasteiger partial charge in [-0.05, 0) is 13.0 Å². The predicted octanol–water partition coefficient (Wildman–Crippen LogP) is 3.33. The van der Waals surface area contributed by atoms with E-state index in [1.807, 2.05) is 18.2 Å². The maximum absolute atomic E-state index is 5.79. The quantitative estimate of drug-likeness (QED) is 0.868. The smallest absolute Gasteiger partial charge is 0.136 e. The average molecular weight is 288 g/mol. The largest absolute Gasteiger partial charge is 0.496 e. The minimum atomic E-state index is 0.180. The molecule has 0 radical (unpaired) electrons. The van der Waals surface area contributed by atoms with E-state index >= 15 is 0 Å². The Labute approximate surface area is 124 Å². The van der Waals surface area contributed by atoms with Gasteiger partial charge in [0.2, 0.25) is 0 Å². The lowest BCUT2D eigenvalue weighted by atomic mass is 9.92. The zero-order valence-corrected chi connectivity index (χ0v) is 12.9. The number of hydrogen-bond donors (Lipinski definition) is 0. The number of methoxy groups -OCH3 is 3. The van der Waals surface area contributed by atoms with Gasteiger partial charge in [-0.1, -0.05) is 12.1 Å². The molecule has 0 aliphatic carbocycles. The Kier molecular flexibility index (Phi) is 3.64. The van der Waals surface area contributed by atoms with Crippen molar-refractivity contribution in [2.45, 2.75) is 26.1 Å². The van der Waals surface area contributed by atoms with Crippen molar-refractivity contribution in [2.24, 2.45) is 0 Å². The van der Waals surface area contributed by atoms with Gasteiger partial charge in [0.05, 0.1) is 39.4 Å². The SMILES string of the molecule is COc1c2c(c(OC)c3c(OC)cccc13)COC(C)C2. The normalized spacial score (nSPS) is 17.4. The van der Waals surface area contributed by atoms with Crippen molar-refractivity contribution in [3.8, 4) is 17.2 Å². The van der Waals surface area contributed by atoms with Gasteiger partial charge < -0.3 is 18.9 Å². The van der Waals surface area contributed by atoms with Gasteiger partial charge in [-0.15, -0.1) is 0 Å². The fourth-order valence-electron chi connectivity index (χ4n) is 3.11. The summed E-state index contributed by atoms with van der Waals surface area (Å²) in [5.41, 5.74) is 2.23. The van der Waals surface area contributed by atoms with Crippen molar-refractivity contribution in [1.82, 2.24) is 0 Å². The maximum atomic E-state index is 5.79. The Bertz CT molecular complexity index is 678. The molecule has 3 rings (SSSR count). The van der Waals surface area contributed by atoms with E-state index in [-0.39, 0.29) is 6.10 Å². The highest BCUT2D eigenvalue weighted by molar-refractivity contribution is 6.00. The number of fused-ring (bicyclic) bond motifs is 2. The lowest BCUT2D eigenvalue weighted by Gasteiger charge is -2.28. The second-order valence-corrected chi connectivity index (χ2v) is 5.23. The monoisotopic (exact) mass is 288 g/mol. The summed E-state index contributed by atoms with van der Waals surface area (Å²) < 4.78 is 22.7. The second-order valence-electron chi connectivity index (χ2n) is 5.23. The van der Waals surface area contributed by atoms with Crippen molar-refractivity contribution < 1.29 is 18.9 Å². The van der Waals surface area contributed by atoms with Gasteiger partial charge in [0, 0.05) is 22.9 Å². The van der Waals surface area contributed by atoms with Crippen LogP contribution in [0.1, 0.15) is 18.1 Å². The molecule has 0 fully saturated rings. The van der Waals surface area contributed by atoms with Crippen LogP contribution in [0, 0.1) is 0 Å². The molecule has 4 heteroatoms. The summed E-state index contributed by atoms with van der Waals surface area (Å²) in [6.07, 6.45) is 1.00. The molecular formula is C17H20O4. The van der Waals surface area contributed by atoms with Gasteiger partial charge in [0.25, 0.3) is 0 Å². The van der Waals surface area contributed by atoms with E-state index in [9.17, 15) is 0 Å². The van der Waals surface area contributed by atoms with Crippen LogP contribution in [-0.2, 0) is 17.8 Å². The fourth-order valence-corrected chi connectivity index (χ4v) is 3.11. The summed E-state index contributed by atoms with van der Waals surface area (Å²) in [6, 6.07) is 5.95. The summed E-state index contributed by atoms with van der Waals surface area (Å²) in [4.78, 5) is 0. The maximum Gasteiger partial charge on any atom is 0.136 e. The molecule has 0 bridgehead atoms. The molecule has 2 aromatic rings. The Morgan fingerprint density at radius 3 is 2.43 bits per heavy atom. The molecule has 1 unspecified atom stereocenters. The van der Waals surface area contributed by atoms with Crippen molar-refractivity contribution in [3.63, 3.8) is 0 Å². The molecular weight excluding hydrogens is 268 g/mol.